The summed E-state index contributed by atoms with van der Waals surface area (Å²) in [5.74, 6) is 0.284. The fourth-order valence-corrected chi connectivity index (χ4v) is 2.35. The van der Waals surface area contributed by atoms with Gasteiger partial charge in [-0.2, -0.15) is 0 Å². The molecule has 2 unspecified atom stereocenters. The summed E-state index contributed by atoms with van der Waals surface area (Å²) in [7, 11) is 0. The topological polar surface area (TPSA) is 12.0 Å². The first-order chi connectivity index (χ1) is 7.79. The van der Waals surface area contributed by atoms with E-state index in [0.29, 0.717) is 5.92 Å². The highest BCUT2D eigenvalue weighted by atomic mass is 19.1. The summed E-state index contributed by atoms with van der Waals surface area (Å²) in [5, 5.41) is 3.21. The van der Waals surface area contributed by atoms with Crippen molar-refractivity contribution in [2.24, 2.45) is 11.8 Å². The summed E-state index contributed by atoms with van der Waals surface area (Å²) in [4.78, 5) is 0. The van der Waals surface area contributed by atoms with Gasteiger partial charge in [-0.3, -0.25) is 4.39 Å². The fraction of sp³-hybridized carbons (Fsp3) is 0.538. The summed E-state index contributed by atoms with van der Waals surface area (Å²) in [5.41, 5.74) is 1.10. The van der Waals surface area contributed by atoms with E-state index in [4.69, 9.17) is 0 Å². The van der Waals surface area contributed by atoms with Crippen LogP contribution < -0.4 is 5.32 Å². The Hall–Kier alpha value is -0.960. The molecule has 1 aromatic carbocycles. The van der Waals surface area contributed by atoms with Gasteiger partial charge in [-0.25, -0.2) is 4.39 Å². The van der Waals surface area contributed by atoms with Crippen molar-refractivity contribution >= 4 is 0 Å². The van der Waals surface area contributed by atoms with Crippen LogP contribution in [0, 0.1) is 17.7 Å². The van der Waals surface area contributed by atoms with E-state index in [-0.39, 0.29) is 18.4 Å². The molecule has 3 heteroatoms. The molecule has 1 N–H and O–H groups in total. The van der Waals surface area contributed by atoms with Crippen molar-refractivity contribution in [1.29, 1.82) is 0 Å². The van der Waals surface area contributed by atoms with Gasteiger partial charge < -0.3 is 5.32 Å². The van der Waals surface area contributed by atoms with E-state index in [0.717, 1.165) is 31.5 Å². The van der Waals surface area contributed by atoms with Crippen LogP contribution in [0.5, 0.6) is 0 Å². The molecule has 0 aromatic heterocycles. The standard InChI is InChI=1S/C13H17F2N/c14-8-12-9-16-6-5-11(12)7-10-1-3-13(15)4-2-10/h1-4,11-12,16H,5-9H2. The van der Waals surface area contributed by atoms with Crippen LogP contribution in [-0.4, -0.2) is 19.8 Å². The van der Waals surface area contributed by atoms with Crippen molar-refractivity contribution in [1.82, 2.24) is 5.32 Å². The van der Waals surface area contributed by atoms with E-state index >= 15 is 0 Å². The summed E-state index contributed by atoms with van der Waals surface area (Å²) in [6.07, 6.45) is 1.86. The third kappa shape index (κ3) is 2.79. The fourth-order valence-electron chi connectivity index (χ4n) is 2.35. The average molecular weight is 225 g/mol. The maximum absolute atomic E-state index is 12.8. The Bertz CT molecular complexity index is 323. The molecule has 0 bridgehead atoms. The number of benzene rings is 1. The molecule has 2 atom stereocenters. The molecule has 1 aliphatic heterocycles. The minimum Gasteiger partial charge on any atom is -0.316 e. The lowest BCUT2D eigenvalue weighted by Crippen LogP contribution is -2.38. The molecule has 1 heterocycles. The van der Waals surface area contributed by atoms with Crippen LogP contribution in [0.25, 0.3) is 0 Å². The molecule has 16 heavy (non-hydrogen) atoms. The van der Waals surface area contributed by atoms with Gasteiger partial charge in [0.1, 0.15) is 5.82 Å². The normalized spacial score (nSPS) is 25.6. The molecule has 1 saturated heterocycles. The third-order valence-corrected chi connectivity index (χ3v) is 3.37. The van der Waals surface area contributed by atoms with Crippen LogP contribution in [0.2, 0.25) is 0 Å². The molecular weight excluding hydrogens is 208 g/mol. The lowest BCUT2D eigenvalue weighted by Gasteiger charge is -2.30. The number of alkyl halides is 1. The van der Waals surface area contributed by atoms with E-state index in [1.807, 2.05) is 0 Å². The number of rotatable bonds is 3. The molecule has 0 radical (unpaired) electrons. The molecule has 1 aromatic rings. The number of piperidine rings is 1. The maximum Gasteiger partial charge on any atom is 0.123 e. The van der Waals surface area contributed by atoms with Crippen LogP contribution in [0.1, 0.15) is 12.0 Å². The number of halogens is 2. The number of hydrogen-bond acceptors (Lipinski definition) is 1. The Morgan fingerprint density at radius 1 is 1.19 bits per heavy atom. The summed E-state index contributed by atoms with van der Waals surface area (Å²) < 4.78 is 25.5. The molecular formula is C13H17F2N. The summed E-state index contributed by atoms with van der Waals surface area (Å²) >= 11 is 0. The number of nitrogens with one attached hydrogen (secondary N) is 1. The van der Waals surface area contributed by atoms with Crippen LogP contribution in [0.3, 0.4) is 0 Å². The second-order valence-corrected chi connectivity index (χ2v) is 4.50. The van der Waals surface area contributed by atoms with Crippen molar-refractivity contribution in [2.75, 3.05) is 19.8 Å². The first-order valence-electron chi connectivity index (χ1n) is 5.80. The largest absolute Gasteiger partial charge is 0.316 e. The highest BCUT2D eigenvalue weighted by Gasteiger charge is 2.24. The minimum atomic E-state index is -0.265. The van der Waals surface area contributed by atoms with Gasteiger partial charge in [-0.15, -0.1) is 0 Å². The van der Waals surface area contributed by atoms with Gasteiger partial charge in [-0.1, -0.05) is 12.1 Å². The zero-order valence-electron chi connectivity index (χ0n) is 9.26. The van der Waals surface area contributed by atoms with Gasteiger partial charge in [-0.05, 0) is 43.0 Å². The summed E-state index contributed by atoms with van der Waals surface area (Å²) in [6, 6.07) is 6.54. The second-order valence-electron chi connectivity index (χ2n) is 4.50. The SMILES string of the molecule is FCC1CNCCC1Cc1ccc(F)cc1. The zero-order chi connectivity index (χ0) is 11.4. The van der Waals surface area contributed by atoms with Crippen LogP contribution in [-0.2, 0) is 6.42 Å². The minimum absolute atomic E-state index is 0.110. The van der Waals surface area contributed by atoms with Gasteiger partial charge in [0, 0.05) is 12.5 Å². The van der Waals surface area contributed by atoms with Gasteiger partial charge in [0.05, 0.1) is 6.67 Å². The zero-order valence-corrected chi connectivity index (χ0v) is 9.26. The number of hydrogen-bond donors (Lipinski definition) is 1. The predicted molar refractivity (Wildman–Crippen MR) is 60.5 cm³/mol. The van der Waals surface area contributed by atoms with E-state index in [9.17, 15) is 8.78 Å². The van der Waals surface area contributed by atoms with E-state index in [2.05, 4.69) is 5.32 Å². The third-order valence-electron chi connectivity index (χ3n) is 3.37. The van der Waals surface area contributed by atoms with Crippen molar-refractivity contribution in [2.45, 2.75) is 12.8 Å². The Morgan fingerprint density at radius 2 is 1.94 bits per heavy atom. The molecule has 0 amide bonds. The second kappa shape index (κ2) is 5.39. The van der Waals surface area contributed by atoms with E-state index < -0.39 is 0 Å². The Balaban J connectivity index is 1.99. The molecule has 0 spiro atoms. The van der Waals surface area contributed by atoms with Crippen molar-refractivity contribution < 1.29 is 8.78 Å². The molecule has 1 nitrogen and oxygen atoms in total. The van der Waals surface area contributed by atoms with Crippen LogP contribution >= 0.6 is 0 Å². The van der Waals surface area contributed by atoms with E-state index in [1.54, 1.807) is 12.1 Å². The Labute approximate surface area is 94.9 Å². The Kier molecular flexibility index (Phi) is 3.88. The highest BCUT2D eigenvalue weighted by Crippen LogP contribution is 2.24. The van der Waals surface area contributed by atoms with Crippen LogP contribution in [0.15, 0.2) is 24.3 Å². The molecule has 0 aliphatic carbocycles. The lowest BCUT2D eigenvalue weighted by molar-refractivity contribution is 0.206. The van der Waals surface area contributed by atoms with Gasteiger partial charge >= 0.3 is 0 Å². The van der Waals surface area contributed by atoms with Gasteiger partial charge in [0.2, 0.25) is 0 Å². The van der Waals surface area contributed by atoms with Crippen molar-refractivity contribution in [3.05, 3.63) is 35.6 Å². The predicted octanol–water partition coefficient (Wildman–Crippen LogP) is 2.56. The highest BCUT2D eigenvalue weighted by molar-refractivity contribution is 5.17. The molecule has 0 saturated carbocycles. The van der Waals surface area contributed by atoms with Crippen LogP contribution in [0.4, 0.5) is 8.78 Å². The van der Waals surface area contributed by atoms with Gasteiger partial charge in [0.15, 0.2) is 0 Å². The molecule has 1 aliphatic rings. The maximum atomic E-state index is 12.8. The Morgan fingerprint density at radius 3 is 2.62 bits per heavy atom. The average Bonchev–Trinajstić information content (AvgIpc) is 2.33. The lowest BCUT2D eigenvalue weighted by atomic mass is 9.83. The molecule has 2 rings (SSSR count). The van der Waals surface area contributed by atoms with Crippen molar-refractivity contribution in [3.8, 4) is 0 Å². The first-order valence-corrected chi connectivity index (χ1v) is 5.80. The smallest absolute Gasteiger partial charge is 0.123 e. The monoisotopic (exact) mass is 225 g/mol. The van der Waals surface area contributed by atoms with Crippen molar-refractivity contribution in [3.63, 3.8) is 0 Å². The molecule has 1 fully saturated rings. The summed E-state index contributed by atoms with van der Waals surface area (Å²) in [6.45, 7) is 1.46. The first kappa shape index (κ1) is 11.5. The molecule has 88 valence electrons. The van der Waals surface area contributed by atoms with E-state index in [1.165, 1.54) is 12.1 Å². The van der Waals surface area contributed by atoms with Gasteiger partial charge in [0.25, 0.3) is 0 Å². The quantitative estimate of drug-likeness (QED) is 0.833.